The lowest BCUT2D eigenvalue weighted by Gasteiger charge is -2.08. The number of carbonyl (C=O) groups excluding carboxylic acids is 1. The first-order valence-corrected chi connectivity index (χ1v) is 4.80. The van der Waals surface area contributed by atoms with Gasteiger partial charge in [0.2, 0.25) is 0 Å². The van der Waals surface area contributed by atoms with Gasteiger partial charge in [-0.25, -0.2) is 0 Å². The van der Waals surface area contributed by atoms with Crippen LogP contribution in [0.15, 0.2) is 24.3 Å². The number of ketones is 1. The van der Waals surface area contributed by atoms with Crippen molar-refractivity contribution >= 4 is 5.78 Å². The van der Waals surface area contributed by atoms with Gasteiger partial charge in [0.15, 0.2) is 5.78 Å². The molecule has 0 radical (unpaired) electrons. The Kier molecular flexibility index (Phi) is 4.51. The number of carbonyl (C=O) groups is 1. The molecule has 3 nitrogen and oxygen atoms in total. The van der Waals surface area contributed by atoms with Crippen molar-refractivity contribution in [2.45, 2.75) is 12.8 Å². The Morgan fingerprint density at radius 2 is 1.82 bits per heavy atom. The normalized spacial score (nSPS) is 11.3. The number of benzene rings is 1. The Morgan fingerprint density at radius 3 is 2.29 bits per heavy atom. The van der Waals surface area contributed by atoms with Crippen molar-refractivity contribution in [3.05, 3.63) is 29.8 Å². The summed E-state index contributed by atoms with van der Waals surface area (Å²) >= 11 is 0. The molecule has 0 saturated carbocycles. The molecule has 17 heavy (non-hydrogen) atoms. The molecule has 1 aromatic rings. The highest BCUT2D eigenvalue weighted by atomic mass is 19.4. The van der Waals surface area contributed by atoms with Crippen molar-refractivity contribution in [2.24, 2.45) is 0 Å². The fourth-order valence-corrected chi connectivity index (χ4v) is 1.18. The molecule has 94 valence electrons. The summed E-state index contributed by atoms with van der Waals surface area (Å²) in [5.74, 6) is -0.536. The monoisotopic (exact) mass is 248 g/mol. The van der Waals surface area contributed by atoms with Crippen LogP contribution in [-0.2, 0) is 4.74 Å². The molecule has 0 fully saturated rings. The maximum atomic E-state index is 11.9. The van der Waals surface area contributed by atoms with E-state index in [0.717, 1.165) is 12.1 Å². The van der Waals surface area contributed by atoms with Gasteiger partial charge < -0.3 is 9.47 Å². The van der Waals surface area contributed by atoms with E-state index in [4.69, 9.17) is 4.74 Å². The molecule has 0 unspecified atom stereocenters. The number of methoxy groups -OCH3 is 1. The SMILES string of the molecule is COCCC(=O)c1ccc(OC(F)(F)F)cc1. The van der Waals surface area contributed by atoms with E-state index in [1.54, 1.807) is 0 Å². The molecular formula is C11H11F3O3. The minimum Gasteiger partial charge on any atom is -0.406 e. The van der Waals surface area contributed by atoms with E-state index in [1.165, 1.54) is 19.2 Å². The van der Waals surface area contributed by atoms with Gasteiger partial charge in [-0.1, -0.05) is 0 Å². The number of Topliss-reactive ketones (excluding diaryl/α,β-unsaturated/α-hetero) is 1. The molecule has 0 bridgehead atoms. The van der Waals surface area contributed by atoms with E-state index in [0.29, 0.717) is 5.56 Å². The lowest BCUT2D eigenvalue weighted by Crippen LogP contribution is -2.17. The summed E-state index contributed by atoms with van der Waals surface area (Å²) in [4.78, 5) is 11.5. The topological polar surface area (TPSA) is 35.5 Å². The second-order valence-corrected chi connectivity index (χ2v) is 3.24. The van der Waals surface area contributed by atoms with Crippen LogP contribution in [0.5, 0.6) is 5.75 Å². The maximum Gasteiger partial charge on any atom is 0.573 e. The van der Waals surface area contributed by atoms with E-state index in [9.17, 15) is 18.0 Å². The zero-order valence-electron chi connectivity index (χ0n) is 9.08. The number of rotatable bonds is 5. The fourth-order valence-electron chi connectivity index (χ4n) is 1.18. The highest BCUT2D eigenvalue weighted by Crippen LogP contribution is 2.22. The molecular weight excluding hydrogens is 237 g/mol. The number of halogens is 3. The maximum absolute atomic E-state index is 11.9. The van der Waals surface area contributed by atoms with E-state index >= 15 is 0 Å². The first-order valence-electron chi connectivity index (χ1n) is 4.80. The second-order valence-electron chi connectivity index (χ2n) is 3.24. The third-order valence-electron chi connectivity index (χ3n) is 1.94. The molecule has 0 amide bonds. The Hall–Kier alpha value is -1.56. The summed E-state index contributed by atoms with van der Waals surface area (Å²) in [7, 11) is 1.47. The van der Waals surface area contributed by atoms with E-state index in [-0.39, 0.29) is 24.6 Å². The lowest BCUT2D eigenvalue weighted by molar-refractivity contribution is -0.274. The Morgan fingerprint density at radius 1 is 1.24 bits per heavy atom. The fraction of sp³-hybridized carbons (Fsp3) is 0.364. The third kappa shape index (κ3) is 4.86. The highest BCUT2D eigenvalue weighted by molar-refractivity contribution is 5.96. The molecule has 1 rings (SSSR count). The number of hydrogen-bond acceptors (Lipinski definition) is 3. The highest BCUT2D eigenvalue weighted by Gasteiger charge is 2.30. The molecule has 0 aliphatic carbocycles. The van der Waals surface area contributed by atoms with Crippen LogP contribution in [0.4, 0.5) is 13.2 Å². The van der Waals surface area contributed by atoms with Crippen LogP contribution in [-0.4, -0.2) is 25.9 Å². The van der Waals surface area contributed by atoms with Crippen LogP contribution in [0.25, 0.3) is 0 Å². The average Bonchev–Trinajstić information content (AvgIpc) is 2.24. The molecule has 0 spiro atoms. The first-order chi connectivity index (χ1) is 7.92. The van der Waals surface area contributed by atoms with Crippen LogP contribution in [0.2, 0.25) is 0 Å². The Bertz CT molecular complexity index is 371. The standard InChI is InChI=1S/C11H11F3O3/c1-16-7-6-10(15)8-2-4-9(5-3-8)17-11(12,13)14/h2-5H,6-7H2,1H3. The van der Waals surface area contributed by atoms with Gasteiger partial charge in [0, 0.05) is 19.1 Å². The molecule has 0 N–H and O–H groups in total. The molecule has 0 heterocycles. The van der Waals surface area contributed by atoms with Crippen molar-refractivity contribution in [3.8, 4) is 5.75 Å². The van der Waals surface area contributed by atoms with E-state index < -0.39 is 6.36 Å². The van der Waals surface area contributed by atoms with Gasteiger partial charge >= 0.3 is 6.36 Å². The van der Waals surface area contributed by atoms with Crippen LogP contribution in [0.1, 0.15) is 16.8 Å². The summed E-state index contributed by atoms with van der Waals surface area (Å²) < 4.78 is 44.0. The van der Waals surface area contributed by atoms with Crippen LogP contribution in [0.3, 0.4) is 0 Å². The quantitative estimate of drug-likeness (QED) is 0.751. The van der Waals surface area contributed by atoms with Gasteiger partial charge in [-0.15, -0.1) is 13.2 Å². The second kappa shape index (κ2) is 5.67. The van der Waals surface area contributed by atoms with Crippen molar-refractivity contribution < 1.29 is 27.4 Å². The van der Waals surface area contributed by atoms with E-state index in [1.807, 2.05) is 0 Å². The van der Waals surface area contributed by atoms with Crippen molar-refractivity contribution in [3.63, 3.8) is 0 Å². The lowest BCUT2D eigenvalue weighted by atomic mass is 10.1. The summed E-state index contributed by atoms with van der Waals surface area (Å²) in [5, 5.41) is 0. The summed E-state index contributed by atoms with van der Waals surface area (Å²) in [6.07, 6.45) is -4.53. The van der Waals surface area contributed by atoms with Gasteiger partial charge in [0.1, 0.15) is 5.75 Å². The van der Waals surface area contributed by atoms with Crippen LogP contribution < -0.4 is 4.74 Å². The van der Waals surface area contributed by atoms with E-state index in [2.05, 4.69) is 4.74 Å². The molecule has 0 aliphatic rings. The van der Waals surface area contributed by atoms with Gasteiger partial charge in [0.05, 0.1) is 6.61 Å². The van der Waals surface area contributed by atoms with Crippen molar-refractivity contribution in [1.29, 1.82) is 0 Å². The largest absolute Gasteiger partial charge is 0.573 e. The Labute approximate surface area is 96.1 Å². The Balaban J connectivity index is 2.64. The van der Waals surface area contributed by atoms with Gasteiger partial charge in [-0.05, 0) is 24.3 Å². The van der Waals surface area contributed by atoms with Gasteiger partial charge in [-0.2, -0.15) is 0 Å². The minimum atomic E-state index is -4.72. The van der Waals surface area contributed by atoms with Crippen LogP contribution >= 0.6 is 0 Å². The van der Waals surface area contributed by atoms with Crippen LogP contribution in [0, 0.1) is 0 Å². The molecule has 0 saturated heterocycles. The van der Waals surface area contributed by atoms with Crippen molar-refractivity contribution in [1.82, 2.24) is 0 Å². The predicted octanol–water partition coefficient (Wildman–Crippen LogP) is 2.80. The predicted molar refractivity (Wildman–Crippen MR) is 53.9 cm³/mol. The zero-order valence-corrected chi connectivity index (χ0v) is 9.08. The molecule has 0 atom stereocenters. The number of alkyl halides is 3. The smallest absolute Gasteiger partial charge is 0.406 e. The van der Waals surface area contributed by atoms with Crippen molar-refractivity contribution in [2.75, 3.05) is 13.7 Å². The summed E-state index contributed by atoms with van der Waals surface area (Å²) in [6, 6.07) is 4.79. The third-order valence-corrected chi connectivity index (χ3v) is 1.94. The zero-order chi connectivity index (χ0) is 12.9. The van der Waals surface area contributed by atoms with Gasteiger partial charge in [-0.3, -0.25) is 4.79 Å². The average molecular weight is 248 g/mol. The molecule has 1 aromatic carbocycles. The number of hydrogen-bond donors (Lipinski definition) is 0. The molecule has 0 aromatic heterocycles. The summed E-state index contributed by atoms with van der Waals surface area (Å²) in [6.45, 7) is 0.277. The summed E-state index contributed by atoms with van der Waals surface area (Å²) in [5.41, 5.74) is 0.330. The molecule has 0 aliphatic heterocycles. The minimum absolute atomic E-state index is 0.189. The first kappa shape index (κ1) is 13.5. The molecule has 6 heteroatoms. The van der Waals surface area contributed by atoms with Gasteiger partial charge in [0.25, 0.3) is 0 Å². The number of ether oxygens (including phenoxy) is 2.